The summed E-state index contributed by atoms with van der Waals surface area (Å²) in [5.41, 5.74) is 3.04. The zero-order chi connectivity index (χ0) is 17.7. The van der Waals surface area contributed by atoms with Crippen LogP contribution in [0, 0.1) is 6.92 Å². The fourth-order valence-corrected chi connectivity index (χ4v) is 3.67. The molecule has 0 saturated carbocycles. The van der Waals surface area contributed by atoms with Gasteiger partial charge < -0.3 is 15.5 Å². The summed E-state index contributed by atoms with van der Waals surface area (Å²) in [6.45, 7) is 10.3. The summed E-state index contributed by atoms with van der Waals surface area (Å²) in [5, 5.41) is 7.09. The minimum absolute atomic E-state index is 0.215. The Morgan fingerprint density at radius 1 is 1.38 bits per heavy atom. The van der Waals surface area contributed by atoms with E-state index in [0.29, 0.717) is 11.5 Å². The van der Waals surface area contributed by atoms with Crippen LogP contribution in [-0.2, 0) is 4.79 Å². The Morgan fingerprint density at radius 3 is 2.71 bits per heavy atom. The van der Waals surface area contributed by atoms with Gasteiger partial charge in [-0.2, -0.15) is 11.8 Å². The number of benzene rings is 1. The number of carbonyl (C=O) groups excluding carboxylic acids is 1. The molecule has 1 aromatic rings. The van der Waals surface area contributed by atoms with E-state index in [9.17, 15) is 4.79 Å². The molecule has 0 spiro atoms. The summed E-state index contributed by atoms with van der Waals surface area (Å²) < 4.78 is 0.274. The summed E-state index contributed by atoms with van der Waals surface area (Å²) >= 11 is 7.26. The van der Waals surface area contributed by atoms with Crippen molar-refractivity contribution in [3.8, 4) is 0 Å². The van der Waals surface area contributed by atoms with Crippen molar-refractivity contribution < 1.29 is 4.79 Å². The van der Waals surface area contributed by atoms with E-state index in [-0.39, 0.29) is 10.7 Å². The summed E-state index contributed by atoms with van der Waals surface area (Å²) in [6.07, 6.45) is 1.60. The predicted molar refractivity (Wildman–Crippen MR) is 109 cm³/mol. The van der Waals surface area contributed by atoms with E-state index in [4.69, 9.17) is 12.2 Å². The van der Waals surface area contributed by atoms with Gasteiger partial charge in [0.05, 0.1) is 0 Å². The van der Waals surface area contributed by atoms with Gasteiger partial charge in [0.25, 0.3) is 0 Å². The van der Waals surface area contributed by atoms with Crippen LogP contribution in [0.2, 0.25) is 0 Å². The number of thioether (sulfide) groups is 1. The lowest BCUT2D eigenvalue weighted by atomic mass is 10.1. The minimum Gasteiger partial charge on any atom is -0.362 e. The average Bonchev–Trinajstić information content (AvgIpc) is 2.89. The largest absolute Gasteiger partial charge is 0.362 e. The molecular weight excluding hydrogens is 338 g/mol. The Morgan fingerprint density at radius 2 is 2.12 bits per heavy atom. The molecule has 0 radical (unpaired) electrons. The van der Waals surface area contributed by atoms with Crippen molar-refractivity contribution in [2.24, 2.45) is 0 Å². The predicted octanol–water partition coefficient (Wildman–Crippen LogP) is 3.94. The number of aryl methyl sites for hydroxylation is 1. The lowest BCUT2D eigenvalue weighted by Crippen LogP contribution is -2.31. The van der Waals surface area contributed by atoms with E-state index in [2.05, 4.69) is 31.4 Å². The molecule has 132 valence electrons. The molecule has 1 aromatic carbocycles. The first kappa shape index (κ1) is 19.1. The number of nitrogens with zero attached hydrogens (tertiary/aromatic N) is 1. The van der Waals surface area contributed by atoms with Gasteiger partial charge in [0.15, 0.2) is 5.11 Å². The average molecular weight is 366 g/mol. The maximum atomic E-state index is 11.9. The maximum Gasteiger partial charge on any atom is 0.227 e. The van der Waals surface area contributed by atoms with Gasteiger partial charge in [-0.05, 0) is 49.3 Å². The highest BCUT2D eigenvalue weighted by Gasteiger charge is 2.22. The number of carbonyl (C=O) groups is 1. The zero-order valence-electron chi connectivity index (χ0n) is 14.9. The second kappa shape index (κ2) is 8.21. The third kappa shape index (κ3) is 5.67. The number of nitrogens with one attached hydrogen (secondary N) is 2. The van der Waals surface area contributed by atoms with Gasteiger partial charge in [0.1, 0.15) is 0 Å². The first-order chi connectivity index (χ1) is 11.3. The van der Waals surface area contributed by atoms with E-state index in [1.165, 1.54) is 0 Å². The topological polar surface area (TPSA) is 44.4 Å². The lowest BCUT2D eigenvalue weighted by molar-refractivity contribution is -0.117. The Balaban J connectivity index is 1.85. The van der Waals surface area contributed by atoms with Gasteiger partial charge in [-0.25, -0.2) is 0 Å². The molecule has 0 aliphatic carbocycles. The second-order valence-corrected chi connectivity index (χ2v) is 9.32. The van der Waals surface area contributed by atoms with E-state index in [1.54, 1.807) is 0 Å². The maximum absolute atomic E-state index is 11.9. The number of hydrogen-bond donors (Lipinski definition) is 2. The highest BCUT2D eigenvalue weighted by molar-refractivity contribution is 8.00. The van der Waals surface area contributed by atoms with Crippen molar-refractivity contribution in [1.82, 2.24) is 5.32 Å². The quantitative estimate of drug-likeness (QED) is 0.611. The van der Waals surface area contributed by atoms with E-state index in [1.807, 2.05) is 41.8 Å². The fraction of sp³-hybridized carbons (Fsp3) is 0.556. The number of thiocarbonyl (C=S) groups is 1. The van der Waals surface area contributed by atoms with Gasteiger partial charge in [0, 0.05) is 41.4 Å². The Kier molecular flexibility index (Phi) is 6.52. The molecule has 6 heteroatoms. The molecule has 1 aliphatic heterocycles. The van der Waals surface area contributed by atoms with Gasteiger partial charge in [-0.15, -0.1) is 0 Å². The molecule has 1 fully saturated rings. The van der Waals surface area contributed by atoms with Crippen LogP contribution in [0.25, 0.3) is 0 Å². The molecule has 4 nitrogen and oxygen atoms in total. The van der Waals surface area contributed by atoms with Crippen LogP contribution >= 0.6 is 24.0 Å². The van der Waals surface area contributed by atoms with Crippen molar-refractivity contribution in [2.75, 3.05) is 29.1 Å². The van der Waals surface area contributed by atoms with Crippen LogP contribution in [0.3, 0.4) is 0 Å². The van der Waals surface area contributed by atoms with Crippen LogP contribution in [0.4, 0.5) is 11.4 Å². The highest BCUT2D eigenvalue weighted by atomic mass is 32.2. The summed E-state index contributed by atoms with van der Waals surface area (Å²) in [6, 6.07) is 6.02. The van der Waals surface area contributed by atoms with Gasteiger partial charge >= 0.3 is 0 Å². The Labute approximate surface area is 154 Å². The third-order valence-electron chi connectivity index (χ3n) is 3.74. The monoisotopic (exact) mass is 365 g/mol. The van der Waals surface area contributed by atoms with E-state index >= 15 is 0 Å². The van der Waals surface area contributed by atoms with Crippen molar-refractivity contribution >= 4 is 46.4 Å². The number of hydrogen-bond acceptors (Lipinski definition) is 3. The molecule has 24 heavy (non-hydrogen) atoms. The van der Waals surface area contributed by atoms with Crippen molar-refractivity contribution in [2.45, 2.75) is 45.3 Å². The Bertz CT molecular complexity index is 611. The van der Waals surface area contributed by atoms with Crippen LogP contribution < -0.4 is 15.5 Å². The molecule has 2 N–H and O–H groups in total. The minimum atomic E-state index is 0.215. The first-order valence-electron chi connectivity index (χ1n) is 8.36. The lowest BCUT2D eigenvalue weighted by Gasteiger charge is -2.20. The second-order valence-electron chi connectivity index (χ2n) is 6.99. The smallest absolute Gasteiger partial charge is 0.227 e. The molecule has 0 atom stereocenters. The normalized spacial score (nSPS) is 14.8. The highest BCUT2D eigenvalue weighted by Crippen LogP contribution is 2.27. The number of amides is 1. The molecular formula is C18H27N3OS2. The van der Waals surface area contributed by atoms with E-state index in [0.717, 1.165) is 42.2 Å². The van der Waals surface area contributed by atoms with Crippen molar-refractivity contribution in [3.05, 3.63) is 23.8 Å². The molecule has 1 heterocycles. The van der Waals surface area contributed by atoms with Gasteiger partial charge in [0.2, 0.25) is 5.91 Å². The number of rotatable bonds is 5. The Hall–Kier alpha value is -1.27. The molecule has 1 aliphatic rings. The van der Waals surface area contributed by atoms with Crippen LogP contribution in [0.15, 0.2) is 18.2 Å². The first-order valence-corrected chi connectivity index (χ1v) is 9.75. The number of anilines is 2. The fourth-order valence-electron chi connectivity index (χ4n) is 2.64. The van der Waals surface area contributed by atoms with Gasteiger partial charge in [-0.3, -0.25) is 4.79 Å². The molecule has 1 amide bonds. The SMILES string of the molecule is Cc1cc(NC(=S)NCCSC(C)(C)C)ccc1N1CCCC1=O. The molecule has 0 bridgehead atoms. The standard InChI is InChI=1S/C18H27N3OS2/c1-13-12-14(7-8-15(13)21-10-5-6-16(21)22)20-17(23)19-9-11-24-18(2,3)4/h7-8,12H,5-6,9-11H2,1-4H3,(H2,19,20,23). The van der Waals surface area contributed by atoms with Crippen molar-refractivity contribution in [1.29, 1.82) is 0 Å². The summed E-state index contributed by atoms with van der Waals surface area (Å²) in [4.78, 5) is 13.8. The van der Waals surface area contributed by atoms with Crippen molar-refractivity contribution in [3.63, 3.8) is 0 Å². The molecule has 1 saturated heterocycles. The summed E-state index contributed by atoms with van der Waals surface area (Å²) in [7, 11) is 0. The molecule has 0 unspecified atom stereocenters. The zero-order valence-corrected chi connectivity index (χ0v) is 16.6. The van der Waals surface area contributed by atoms with Crippen LogP contribution in [0.5, 0.6) is 0 Å². The third-order valence-corrected chi connectivity index (χ3v) is 5.26. The van der Waals surface area contributed by atoms with Crippen LogP contribution in [-0.4, -0.2) is 34.6 Å². The molecule has 2 rings (SSSR count). The van der Waals surface area contributed by atoms with E-state index < -0.39 is 0 Å². The van der Waals surface area contributed by atoms with Gasteiger partial charge in [-0.1, -0.05) is 20.8 Å². The summed E-state index contributed by atoms with van der Waals surface area (Å²) in [5.74, 6) is 1.23. The van der Waals surface area contributed by atoms with Crippen LogP contribution in [0.1, 0.15) is 39.2 Å². The molecule has 0 aromatic heterocycles.